The Balaban J connectivity index is 1.76. The Morgan fingerprint density at radius 3 is 2.79 bits per heavy atom. The predicted octanol–water partition coefficient (Wildman–Crippen LogP) is 2.47. The fourth-order valence-electron chi connectivity index (χ4n) is 1.74. The van der Waals surface area contributed by atoms with E-state index in [4.69, 9.17) is 0 Å². The van der Waals surface area contributed by atoms with Crippen molar-refractivity contribution in [2.24, 2.45) is 0 Å². The molecule has 0 saturated heterocycles. The van der Waals surface area contributed by atoms with Gasteiger partial charge in [0.15, 0.2) is 0 Å². The molecule has 0 saturated carbocycles. The van der Waals surface area contributed by atoms with E-state index >= 15 is 0 Å². The van der Waals surface area contributed by atoms with Gasteiger partial charge in [-0.1, -0.05) is 18.2 Å². The van der Waals surface area contributed by atoms with Crippen molar-refractivity contribution in [3.8, 4) is 0 Å². The molecular formula is C15H15FN2O. The second-order valence-electron chi connectivity index (χ2n) is 4.27. The van der Waals surface area contributed by atoms with Gasteiger partial charge in [0.1, 0.15) is 5.82 Å². The first-order chi connectivity index (χ1) is 9.24. The summed E-state index contributed by atoms with van der Waals surface area (Å²) in [6.45, 7) is 0.468. The first kappa shape index (κ1) is 13.2. The molecule has 0 spiro atoms. The quantitative estimate of drug-likeness (QED) is 0.895. The summed E-state index contributed by atoms with van der Waals surface area (Å²) in [6.07, 6.45) is 4.29. The zero-order chi connectivity index (χ0) is 13.5. The van der Waals surface area contributed by atoms with Crippen LogP contribution < -0.4 is 5.32 Å². The van der Waals surface area contributed by atoms with Crippen LogP contribution in [0.3, 0.4) is 0 Å². The van der Waals surface area contributed by atoms with Crippen LogP contribution in [0.4, 0.5) is 4.39 Å². The maximum Gasteiger partial charge on any atom is 0.220 e. The van der Waals surface area contributed by atoms with Crippen LogP contribution in [0.25, 0.3) is 0 Å². The van der Waals surface area contributed by atoms with Crippen molar-refractivity contribution < 1.29 is 9.18 Å². The van der Waals surface area contributed by atoms with Crippen molar-refractivity contribution in [2.45, 2.75) is 19.4 Å². The van der Waals surface area contributed by atoms with Crippen LogP contribution in [-0.4, -0.2) is 10.9 Å². The molecular weight excluding hydrogens is 243 g/mol. The third-order valence-electron chi connectivity index (χ3n) is 2.74. The van der Waals surface area contributed by atoms with Gasteiger partial charge in [-0.05, 0) is 35.7 Å². The Hall–Kier alpha value is -2.23. The number of aryl methyl sites for hydroxylation is 1. The number of pyridine rings is 1. The van der Waals surface area contributed by atoms with Crippen molar-refractivity contribution in [1.29, 1.82) is 0 Å². The number of hydrogen-bond donors (Lipinski definition) is 1. The van der Waals surface area contributed by atoms with Gasteiger partial charge in [-0.25, -0.2) is 4.39 Å². The summed E-state index contributed by atoms with van der Waals surface area (Å²) < 4.78 is 13.0. The summed E-state index contributed by atoms with van der Waals surface area (Å²) >= 11 is 0. The Bertz CT molecular complexity index is 543. The first-order valence-corrected chi connectivity index (χ1v) is 6.14. The maximum atomic E-state index is 13.0. The van der Waals surface area contributed by atoms with Crippen LogP contribution in [0.15, 0.2) is 48.8 Å². The molecule has 4 heteroatoms. The summed E-state index contributed by atoms with van der Waals surface area (Å²) in [4.78, 5) is 15.6. The Morgan fingerprint density at radius 1 is 1.21 bits per heavy atom. The van der Waals surface area contributed by atoms with Crippen molar-refractivity contribution in [3.63, 3.8) is 0 Å². The van der Waals surface area contributed by atoms with Gasteiger partial charge in [-0.2, -0.15) is 0 Å². The molecule has 0 aliphatic rings. The number of carbonyl (C=O) groups is 1. The molecule has 2 rings (SSSR count). The number of rotatable bonds is 5. The lowest BCUT2D eigenvalue weighted by molar-refractivity contribution is -0.121. The Morgan fingerprint density at radius 2 is 2.05 bits per heavy atom. The van der Waals surface area contributed by atoms with Gasteiger partial charge >= 0.3 is 0 Å². The zero-order valence-corrected chi connectivity index (χ0v) is 10.5. The van der Waals surface area contributed by atoms with Crippen LogP contribution in [0.1, 0.15) is 17.5 Å². The fraction of sp³-hybridized carbons (Fsp3) is 0.200. The largest absolute Gasteiger partial charge is 0.352 e. The number of nitrogens with one attached hydrogen (secondary N) is 1. The van der Waals surface area contributed by atoms with Gasteiger partial charge < -0.3 is 5.32 Å². The van der Waals surface area contributed by atoms with Crippen molar-refractivity contribution in [3.05, 3.63) is 65.7 Å². The van der Waals surface area contributed by atoms with Crippen LogP contribution >= 0.6 is 0 Å². The summed E-state index contributed by atoms with van der Waals surface area (Å²) in [7, 11) is 0. The number of carbonyl (C=O) groups excluding carboxylic acids is 1. The molecule has 1 N–H and O–H groups in total. The van der Waals surface area contributed by atoms with E-state index in [0.717, 1.165) is 11.1 Å². The minimum absolute atomic E-state index is 0.0480. The number of nitrogens with zero attached hydrogens (tertiary/aromatic N) is 1. The standard InChI is InChI=1S/C15H15FN2O/c16-14-5-1-3-12(9-14)6-7-15(19)18-11-13-4-2-8-17-10-13/h1-5,8-10H,6-7,11H2,(H,18,19). The highest BCUT2D eigenvalue weighted by atomic mass is 19.1. The molecule has 0 aliphatic carbocycles. The number of amides is 1. The molecule has 0 fully saturated rings. The fourth-order valence-corrected chi connectivity index (χ4v) is 1.74. The molecule has 3 nitrogen and oxygen atoms in total. The van der Waals surface area contributed by atoms with Crippen LogP contribution in [0.2, 0.25) is 0 Å². The lowest BCUT2D eigenvalue weighted by Crippen LogP contribution is -2.23. The van der Waals surface area contributed by atoms with Crippen molar-refractivity contribution in [1.82, 2.24) is 10.3 Å². The lowest BCUT2D eigenvalue weighted by atomic mass is 10.1. The minimum atomic E-state index is -0.270. The molecule has 0 aliphatic heterocycles. The number of benzene rings is 1. The highest BCUT2D eigenvalue weighted by molar-refractivity contribution is 5.76. The number of aromatic nitrogens is 1. The van der Waals surface area contributed by atoms with Crippen molar-refractivity contribution >= 4 is 5.91 Å². The predicted molar refractivity (Wildman–Crippen MR) is 70.8 cm³/mol. The van der Waals surface area contributed by atoms with E-state index in [1.54, 1.807) is 18.5 Å². The van der Waals surface area contributed by atoms with Crippen molar-refractivity contribution in [2.75, 3.05) is 0 Å². The highest BCUT2D eigenvalue weighted by Gasteiger charge is 2.03. The van der Waals surface area contributed by atoms with E-state index < -0.39 is 0 Å². The third-order valence-corrected chi connectivity index (χ3v) is 2.74. The van der Waals surface area contributed by atoms with Gasteiger partial charge in [0.25, 0.3) is 0 Å². The average molecular weight is 258 g/mol. The summed E-state index contributed by atoms with van der Waals surface area (Å²) in [5.41, 5.74) is 1.79. The van der Waals surface area contributed by atoms with Gasteiger partial charge in [0.05, 0.1) is 0 Å². The molecule has 0 radical (unpaired) electrons. The molecule has 0 atom stereocenters. The first-order valence-electron chi connectivity index (χ1n) is 6.14. The smallest absolute Gasteiger partial charge is 0.220 e. The topological polar surface area (TPSA) is 42.0 Å². The van der Waals surface area contributed by atoms with Gasteiger partial charge in [-0.15, -0.1) is 0 Å². The maximum absolute atomic E-state index is 13.0. The van der Waals surface area contributed by atoms with Crippen LogP contribution in [0, 0.1) is 5.82 Å². The second-order valence-corrected chi connectivity index (χ2v) is 4.27. The summed E-state index contributed by atoms with van der Waals surface area (Å²) in [5, 5.41) is 2.81. The average Bonchev–Trinajstić information content (AvgIpc) is 2.44. The number of hydrogen-bond acceptors (Lipinski definition) is 2. The summed E-state index contributed by atoms with van der Waals surface area (Å²) in [5.74, 6) is -0.318. The lowest BCUT2D eigenvalue weighted by Gasteiger charge is -2.05. The monoisotopic (exact) mass is 258 g/mol. The second kappa shape index (κ2) is 6.64. The van der Waals surface area contributed by atoms with E-state index in [-0.39, 0.29) is 11.7 Å². The van der Waals surface area contributed by atoms with Gasteiger partial charge in [0, 0.05) is 25.4 Å². The molecule has 1 amide bonds. The molecule has 0 unspecified atom stereocenters. The van der Waals surface area contributed by atoms with E-state index in [9.17, 15) is 9.18 Å². The normalized spacial score (nSPS) is 10.2. The number of halogens is 1. The third kappa shape index (κ3) is 4.50. The van der Waals surface area contributed by atoms with Gasteiger partial charge in [0.2, 0.25) is 5.91 Å². The molecule has 1 aromatic heterocycles. The highest BCUT2D eigenvalue weighted by Crippen LogP contribution is 2.06. The summed E-state index contributed by atoms with van der Waals surface area (Å²) in [6, 6.07) is 10.0. The minimum Gasteiger partial charge on any atom is -0.352 e. The Labute approximate surface area is 111 Å². The van der Waals surface area contributed by atoms with E-state index in [0.29, 0.717) is 19.4 Å². The molecule has 1 aromatic carbocycles. The van der Waals surface area contributed by atoms with E-state index in [2.05, 4.69) is 10.3 Å². The molecule has 19 heavy (non-hydrogen) atoms. The van der Waals surface area contributed by atoms with Gasteiger partial charge in [-0.3, -0.25) is 9.78 Å². The zero-order valence-electron chi connectivity index (χ0n) is 10.5. The molecule has 1 heterocycles. The molecule has 98 valence electrons. The van der Waals surface area contributed by atoms with Crippen LogP contribution in [-0.2, 0) is 17.8 Å². The van der Waals surface area contributed by atoms with E-state index in [1.807, 2.05) is 18.2 Å². The van der Waals surface area contributed by atoms with Crippen LogP contribution in [0.5, 0.6) is 0 Å². The molecule has 2 aromatic rings. The SMILES string of the molecule is O=C(CCc1cccc(F)c1)NCc1cccnc1. The Kier molecular flexibility index (Phi) is 4.61. The van der Waals surface area contributed by atoms with E-state index in [1.165, 1.54) is 12.1 Å². The molecule has 0 bridgehead atoms.